The standard InChI is InChI=1S/C19H20BrFN2O2S/c1-13-2-3-14(20)12-17(13)23-19(25)8-10-22-18(24)9-11-26-16-6-4-15(21)5-7-16/h2-7,12H,8-11H2,1H3,(H,22,24)(H,23,25). The van der Waals surface area contributed by atoms with Crippen molar-refractivity contribution >= 4 is 45.2 Å². The molecule has 0 atom stereocenters. The number of benzene rings is 2. The summed E-state index contributed by atoms with van der Waals surface area (Å²) in [7, 11) is 0. The molecular formula is C19H20BrFN2O2S. The molecule has 2 N–H and O–H groups in total. The molecule has 2 aromatic rings. The largest absolute Gasteiger partial charge is 0.356 e. The average Bonchev–Trinajstić information content (AvgIpc) is 2.60. The normalized spacial score (nSPS) is 10.4. The van der Waals surface area contributed by atoms with Gasteiger partial charge < -0.3 is 10.6 Å². The third kappa shape index (κ3) is 7.17. The molecule has 0 aliphatic carbocycles. The lowest BCUT2D eigenvalue weighted by molar-refractivity contribution is -0.120. The number of anilines is 1. The Morgan fingerprint density at radius 2 is 1.81 bits per heavy atom. The number of thioether (sulfide) groups is 1. The quantitative estimate of drug-likeness (QED) is 0.595. The molecule has 0 unspecified atom stereocenters. The van der Waals surface area contributed by atoms with Crippen LogP contribution in [-0.4, -0.2) is 24.1 Å². The average molecular weight is 439 g/mol. The van der Waals surface area contributed by atoms with Crippen LogP contribution in [0.25, 0.3) is 0 Å². The van der Waals surface area contributed by atoms with Gasteiger partial charge >= 0.3 is 0 Å². The molecule has 0 fully saturated rings. The first-order valence-corrected chi connectivity index (χ1v) is 9.93. The highest BCUT2D eigenvalue weighted by Crippen LogP contribution is 2.21. The Hall–Kier alpha value is -1.86. The molecule has 0 radical (unpaired) electrons. The first kappa shape index (κ1) is 20.5. The Morgan fingerprint density at radius 1 is 1.08 bits per heavy atom. The smallest absolute Gasteiger partial charge is 0.226 e. The predicted octanol–water partition coefficient (Wildman–Crippen LogP) is 4.52. The molecule has 0 aliphatic rings. The van der Waals surface area contributed by atoms with Gasteiger partial charge in [0.15, 0.2) is 0 Å². The maximum absolute atomic E-state index is 12.8. The van der Waals surface area contributed by atoms with Crippen molar-refractivity contribution in [2.75, 3.05) is 17.6 Å². The number of carbonyl (C=O) groups excluding carboxylic acids is 2. The van der Waals surface area contributed by atoms with Crippen molar-refractivity contribution in [3.05, 3.63) is 58.3 Å². The maximum atomic E-state index is 12.8. The van der Waals surface area contributed by atoms with Crippen LogP contribution in [0.1, 0.15) is 18.4 Å². The summed E-state index contributed by atoms with van der Waals surface area (Å²) in [6.45, 7) is 2.21. The number of amides is 2. The van der Waals surface area contributed by atoms with Crippen LogP contribution in [0.3, 0.4) is 0 Å². The summed E-state index contributed by atoms with van der Waals surface area (Å²) in [6.07, 6.45) is 0.553. The van der Waals surface area contributed by atoms with E-state index in [4.69, 9.17) is 0 Å². The summed E-state index contributed by atoms with van der Waals surface area (Å²) in [6, 6.07) is 11.8. The van der Waals surface area contributed by atoms with Crippen molar-refractivity contribution in [1.29, 1.82) is 0 Å². The highest BCUT2D eigenvalue weighted by atomic mass is 79.9. The molecule has 0 heterocycles. The third-order valence-electron chi connectivity index (χ3n) is 3.56. The Balaban J connectivity index is 1.63. The summed E-state index contributed by atoms with van der Waals surface area (Å²) >= 11 is 4.86. The van der Waals surface area contributed by atoms with Crippen molar-refractivity contribution in [3.63, 3.8) is 0 Å². The van der Waals surface area contributed by atoms with Gasteiger partial charge in [-0.05, 0) is 48.9 Å². The van der Waals surface area contributed by atoms with E-state index in [0.29, 0.717) is 18.7 Å². The zero-order valence-electron chi connectivity index (χ0n) is 14.4. The fourth-order valence-corrected chi connectivity index (χ4v) is 3.35. The van der Waals surface area contributed by atoms with Crippen LogP contribution >= 0.6 is 27.7 Å². The van der Waals surface area contributed by atoms with Crippen LogP contribution in [0.4, 0.5) is 10.1 Å². The number of carbonyl (C=O) groups is 2. The van der Waals surface area contributed by atoms with Gasteiger partial charge in [0.1, 0.15) is 5.82 Å². The number of aryl methyl sites for hydroxylation is 1. The molecule has 2 rings (SSSR count). The fourth-order valence-electron chi connectivity index (χ4n) is 2.14. The van der Waals surface area contributed by atoms with Gasteiger partial charge in [-0.2, -0.15) is 0 Å². The first-order valence-electron chi connectivity index (χ1n) is 8.15. The molecule has 26 heavy (non-hydrogen) atoms. The molecule has 0 aliphatic heterocycles. The van der Waals surface area contributed by atoms with Crippen LogP contribution in [0.15, 0.2) is 51.8 Å². The van der Waals surface area contributed by atoms with E-state index in [1.165, 1.54) is 23.9 Å². The van der Waals surface area contributed by atoms with Gasteiger partial charge in [0.25, 0.3) is 0 Å². The number of hydrogen-bond acceptors (Lipinski definition) is 3. The molecule has 0 spiro atoms. The number of rotatable bonds is 8. The maximum Gasteiger partial charge on any atom is 0.226 e. The van der Waals surface area contributed by atoms with E-state index in [1.54, 1.807) is 12.1 Å². The molecule has 2 amide bonds. The molecule has 0 saturated carbocycles. The van der Waals surface area contributed by atoms with Crippen LogP contribution in [0, 0.1) is 12.7 Å². The van der Waals surface area contributed by atoms with Crippen LogP contribution < -0.4 is 10.6 Å². The monoisotopic (exact) mass is 438 g/mol. The minimum Gasteiger partial charge on any atom is -0.356 e. The van der Waals surface area contributed by atoms with Crippen molar-refractivity contribution in [1.82, 2.24) is 5.32 Å². The summed E-state index contributed by atoms with van der Waals surface area (Å²) in [4.78, 5) is 24.7. The van der Waals surface area contributed by atoms with Gasteiger partial charge in [0.2, 0.25) is 11.8 Å². The van der Waals surface area contributed by atoms with E-state index in [1.807, 2.05) is 25.1 Å². The Labute approximate surface area is 165 Å². The molecule has 4 nitrogen and oxygen atoms in total. The van der Waals surface area contributed by atoms with Gasteiger partial charge in [-0.25, -0.2) is 4.39 Å². The number of hydrogen-bond donors (Lipinski definition) is 2. The second kappa shape index (κ2) is 10.3. The minimum absolute atomic E-state index is 0.106. The topological polar surface area (TPSA) is 58.2 Å². The van der Waals surface area contributed by atoms with E-state index in [0.717, 1.165) is 20.6 Å². The molecule has 0 bridgehead atoms. The summed E-state index contributed by atoms with van der Waals surface area (Å²) < 4.78 is 13.7. The first-order chi connectivity index (χ1) is 12.4. The van der Waals surface area contributed by atoms with Crippen molar-refractivity contribution in [2.24, 2.45) is 0 Å². The van der Waals surface area contributed by atoms with Gasteiger partial charge in [0, 0.05) is 40.2 Å². The molecule has 2 aromatic carbocycles. The summed E-state index contributed by atoms with van der Waals surface area (Å²) in [5.74, 6) is 0.0719. The van der Waals surface area contributed by atoms with Gasteiger partial charge in [-0.3, -0.25) is 9.59 Å². The predicted molar refractivity (Wildman–Crippen MR) is 107 cm³/mol. The Morgan fingerprint density at radius 3 is 2.54 bits per heavy atom. The fraction of sp³-hybridized carbons (Fsp3) is 0.263. The Kier molecular flexibility index (Phi) is 8.12. The molecule has 0 saturated heterocycles. The van der Waals surface area contributed by atoms with Gasteiger partial charge in [-0.15, -0.1) is 11.8 Å². The Bertz CT molecular complexity index is 769. The van der Waals surface area contributed by atoms with Crippen molar-refractivity contribution < 1.29 is 14.0 Å². The van der Waals surface area contributed by atoms with E-state index >= 15 is 0 Å². The van der Waals surface area contributed by atoms with Gasteiger partial charge in [0.05, 0.1) is 0 Å². The molecule has 7 heteroatoms. The lowest BCUT2D eigenvalue weighted by Gasteiger charge is -2.09. The van der Waals surface area contributed by atoms with E-state index in [-0.39, 0.29) is 24.1 Å². The second-order valence-corrected chi connectivity index (χ2v) is 7.74. The minimum atomic E-state index is -0.275. The summed E-state index contributed by atoms with van der Waals surface area (Å²) in [5, 5.41) is 5.58. The van der Waals surface area contributed by atoms with Crippen molar-refractivity contribution in [3.8, 4) is 0 Å². The zero-order valence-corrected chi connectivity index (χ0v) is 16.8. The zero-order chi connectivity index (χ0) is 18.9. The lowest BCUT2D eigenvalue weighted by atomic mass is 10.2. The SMILES string of the molecule is Cc1ccc(Br)cc1NC(=O)CCNC(=O)CCSc1ccc(F)cc1. The van der Waals surface area contributed by atoms with Crippen LogP contribution in [0.5, 0.6) is 0 Å². The van der Waals surface area contributed by atoms with Crippen molar-refractivity contribution in [2.45, 2.75) is 24.7 Å². The third-order valence-corrected chi connectivity index (χ3v) is 5.07. The molecule has 138 valence electrons. The highest BCUT2D eigenvalue weighted by Gasteiger charge is 2.07. The number of nitrogens with one attached hydrogen (secondary N) is 2. The van der Waals surface area contributed by atoms with E-state index in [9.17, 15) is 14.0 Å². The summed E-state index contributed by atoms with van der Waals surface area (Å²) in [5.41, 5.74) is 1.73. The molecular weight excluding hydrogens is 419 g/mol. The van der Waals surface area contributed by atoms with E-state index in [2.05, 4.69) is 26.6 Å². The van der Waals surface area contributed by atoms with E-state index < -0.39 is 0 Å². The molecule has 0 aromatic heterocycles. The van der Waals surface area contributed by atoms with Crippen LogP contribution in [0.2, 0.25) is 0 Å². The lowest BCUT2D eigenvalue weighted by Crippen LogP contribution is -2.27. The van der Waals surface area contributed by atoms with Crippen LogP contribution in [-0.2, 0) is 9.59 Å². The van der Waals surface area contributed by atoms with Gasteiger partial charge in [-0.1, -0.05) is 22.0 Å². The highest BCUT2D eigenvalue weighted by molar-refractivity contribution is 9.10. The second-order valence-electron chi connectivity index (χ2n) is 5.66. The number of halogens is 2.